The van der Waals surface area contributed by atoms with Crippen molar-refractivity contribution in [3.63, 3.8) is 0 Å². The largest absolute Gasteiger partial charge is 0.507 e. The van der Waals surface area contributed by atoms with E-state index in [1.807, 2.05) is 38.1 Å². The number of hydrogen-bond donors (Lipinski definition) is 1. The number of benzene rings is 3. The van der Waals surface area contributed by atoms with Crippen molar-refractivity contribution in [1.82, 2.24) is 9.80 Å². The monoisotopic (exact) mass is 660 g/mol. The number of carbonyl (C=O) groups excluding carboxylic acids is 2. The summed E-state index contributed by atoms with van der Waals surface area (Å²) in [5, 5.41) is 10.4. The fourth-order valence-electron chi connectivity index (χ4n) is 8.85. The van der Waals surface area contributed by atoms with E-state index >= 15 is 0 Å². The van der Waals surface area contributed by atoms with Crippen LogP contribution in [0.1, 0.15) is 59.9 Å². The van der Waals surface area contributed by atoms with Gasteiger partial charge in [0.2, 0.25) is 11.8 Å². The number of amides is 2. The Hall–Kier alpha value is -4.04. The molecular weight excluding hydrogens is 612 g/mol. The minimum Gasteiger partial charge on any atom is -0.507 e. The van der Waals surface area contributed by atoms with E-state index < -0.39 is 0 Å². The van der Waals surface area contributed by atoms with Gasteiger partial charge in [0.15, 0.2) is 0 Å². The second-order valence-corrected chi connectivity index (χ2v) is 14.4. The summed E-state index contributed by atoms with van der Waals surface area (Å²) in [5.74, 6) is -0.451. The molecule has 49 heavy (non-hydrogen) atoms. The number of methoxy groups -OCH3 is 1. The maximum atomic E-state index is 14.2. The number of aryl methyl sites for hydroxylation is 2. The smallest absolute Gasteiger partial charge is 0.234 e. The summed E-state index contributed by atoms with van der Waals surface area (Å²) in [7, 11) is 1.70. The Bertz CT molecular complexity index is 1720. The van der Waals surface area contributed by atoms with Gasteiger partial charge in [0, 0.05) is 38.7 Å². The number of rotatable bonds is 10. The van der Waals surface area contributed by atoms with E-state index in [1.54, 1.807) is 12.0 Å². The number of carbonyl (C=O) groups is 2. The van der Waals surface area contributed by atoms with Gasteiger partial charge in [-0.15, -0.1) is 0 Å². The molecule has 1 aliphatic carbocycles. The Morgan fingerprint density at radius 2 is 1.61 bits per heavy atom. The minimum absolute atomic E-state index is 0.00129. The SMILES string of the molecule is COCC1=C2[C@@H](CC/C(=C/c3cc(C)c(O)c(C)c3)c3ccccc3)OC[C@@H]2[C@@H]2C(=O)N(C3CCN(Cc4ccccc4)CC3)C(=O)[C@@H]2C1. The topological polar surface area (TPSA) is 79.3 Å². The summed E-state index contributed by atoms with van der Waals surface area (Å²) >= 11 is 0. The molecule has 1 N–H and O–H groups in total. The van der Waals surface area contributed by atoms with E-state index in [-0.39, 0.29) is 41.7 Å². The number of phenolic OH excluding ortho intramolecular Hbond substituents is 1. The number of allylic oxidation sites excluding steroid dienone is 1. The molecule has 4 atom stereocenters. The van der Waals surface area contributed by atoms with Crippen molar-refractivity contribution in [1.29, 1.82) is 0 Å². The first-order valence-electron chi connectivity index (χ1n) is 17.8. The number of fused-ring (bicyclic) bond motifs is 3. The fraction of sp³-hybridized carbons (Fsp3) is 0.429. The van der Waals surface area contributed by atoms with E-state index in [4.69, 9.17) is 9.47 Å². The van der Waals surface area contributed by atoms with Crippen molar-refractivity contribution < 1.29 is 24.2 Å². The number of imide groups is 1. The lowest BCUT2D eigenvalue weighted by Crippen LogP contribution is -2.47. The number of nitrogens with zero attached hydrogens (tertiary/aromatic N) is 2. The van der Waals surface area contributed by atoms with Gasteiger partial charge in [-0.1, -0.05) is 66.7 Å². The van der Waals surface area contributed by atoms with Crippen LogP contribution in [0.15, 0.2) is 83.9 Å². The summed E-state index contributed by atoms with van der Waals surface area (Å²) in [5.41, 5.74) is 8.71. The first-order valence-corrected chi connectivity index (χ1v) is 17.8. The highest BCUT2D eigenvalue weighted by Crippen LogP contribution is 2.51. The lowest BCUT2D eigenvalue weighted by molar-refractivity contribution is -0.144. The molecule has 7 nitrogen and oxygen atoms in total. The van der Waals surface area contributed by atoms with Crippen LogP contribution in [-0.4, -0.2) is 72.3 Å². The molecule has 2 amide bonds. The van der Waals surface area contributed by atoms with E-state index in [0.29, 0.717) is 25.4 Å². The highest BCUT2D eigenvalue weighted by atomic mass is 16.5. The Balaban J connectivity index is 1.08. The number of likely N-dealkylation sites (tertiary alicyclic amines) is 2. The molecular formula is C42H48N2O5. The Labute approximate surface area is 290 Å². The van der Waals surface area contributed by atoms with Crippen LogP contribution >= 0.6 is 0 Å². The second kappa shape index (κ2) is 14.4. The van der Waals surface area contributed by atoms with Crippen LogP contribution in [0.4, 0.5) is 0 Å². The number of piperidine rings is 1. The molecule has 0 radical (unpaired) electrons. The van der Waals surface area contributed by atoms with Crippen LogP contribution in [0.5, 0.6) is 5.75 Å². The predicted molar refractivity (Wildman–Crippen MR) is 191 cm³/mol. The lowest BCUT2D eigenvalue weighted by atomic mass is 9.69. The maximum absolute atomic E-state index is 14.2. The molecule has 256 valence electrons. The van der Waals surface area contributed by atoms with Gasteiger partial charge in [-0.05, 0) is 103 Å². The average molecular weight is 661 g/mol. The zero-order valence-electron chi connectivity index (χ0n) is 28.9. The van der Waals surface area contributed by atoms with Crippen molar-refractivity contribution in [2.24, 2.45) is 17.8 Å². The molecule has 4 aliphatic rings. The van der Waals surface area contributed by atoms with Gasteiger partial charge in [0.25, 0.3) is 0 Å². The molecule has 0 unspecified atom stereocenters. The highest BCUT2D eigenvalue weighted by molar-refractivity contribution is 6.06. The maximum Gasteiger partial charge on any atom is 0.234 e. The first kappa shape index (κ1) is 33.5. The van der Waals surface area contributed by atoms with E-state index in [9.17, 15) is 14.7 Å². The number of phenols is 1. The molecule has 7 heteroatoms. The zero-order valence-corrected chi connectivity index (χ0v) is 28.9. The van der Waals surface area contributed by atoms with Crippen LogP contribution in [-0.2, 0) is 25.6 Å². The number of aromatic hydroxyl groups is 1. The third-order valence-electron chi connectivity index (χ3n) is 11.2. The third-order valence-corrected chi connectivity index (χ3v) is 11.2. The van der Waals surface area contributed by atoms with Gasteiger partial charge in [-0.3, -0.25) is 19.4 Å². The van der Waals surface area contributed by atoms with Crippen molar-refractivity contribution >= 4 is 23.5 Å². The van der Waals surface area contributed by atoms with E-state index in [1.165, 1.54) is 16.7 Å². The molecule has 3 aromatic rings. The van der Waals surface area contributed by atoms with Gasteiger partial charge in [-0.2, -0.15) is 0 Å². The summed E-state index contributed by atoms with van der Waals surface area (Å²) in [4.78, 5) is 32.3. The minimum atomic E-state index is -0.359. The summed E-state index contributed by atoms with van der Waals surface area (Å²) < 4.78 is 12.2. The molecule has 3 aliphatic heterocycles. The Kier molecular flexibility index (Phi) is 9.86. The quantitative estimate of drug-likeness (QED) is 0.144. The van der Waals surface area contributed by atoms with Gasteiger partial charge in [0.05, 0.1) is 31.2 Å². The molecule has 0 saturated carbocycles. The van der Waals surface area contributed by atoms with E-state index in [2.05, 4.69) is 59.5 Å². The standard InChI is InChI=1S/C42H48N2O5/c1-27-20-30(21-28(2)40(27)45)22-32(31-12-8-5-9-13-31)14-15-37-38-33(25-48-3)23-35-39(36(38)26-49-37)42(47)44(41(35)46)34-16-18-43(19-17-34)24-29-10-6-4-7-11-29/h4-13,20-22,34-37,39,45H,14-19,23-26H2,1-3H3/b32-22-/t35-,36+,37-,39-/m1/s1. The highest BCUT2D eigenvalue weighted by Gasteiger charge is 2.58. The van der Waals surface area contributed by atoms with Gasteiger partial charge >= 0.3 is 0 Å². The fourth-order valence-corrected chi connectivity index (χ4v) is 8.85. The molecule has 3 heterocycles. The van der Waals surface area contributed by atoms with Gasteiger partial charge < -0.3 is 14.6 Å². The molecule has 0 bridgehead atoms. The lowest BCUT2D eigenvalue weighted by Gasteiger charge is -2.36. The molecule has 3 saturated heterocycles. The van der Waals surface area contributed by atoms with E-state index in [0.717, 1.165) is 73.1 Å². The molecule has 3 fully saturated rings. The van der Waals surface area contributed by atoms with Crippen molar-refractivity contribution in [2.45, 2.75) is 64.6 Å². The molecule has 7 rings (SSSR count). The van der Waals surface area contributed by atoms with Crippen LogP contribution in [0.3, 0.4) is 0 Å². The van der Waals surface area contributed by atoms with Crippen LogP contribution in [0.2, 0.25) is 0 Å². The second-order valence-electron chi connectivity index (χ2n) is 14.4. The molecule has 0 spiro atoms. The van der Waals surface area contributed by atoms with Crippen molar-refractivity contribution in [3.05, 3.63) is 112 Å². The summed E-state index contributed by atoms with van der Waals surface area (Å²) in [6.45, 7) is 7.40. The number of hydrogen-bond acceptors (Lipinski definition) is 6. The Morgan fingerprint density at radius 3 is 2.29 bits per heavy atom. The van der Waals surface area contributed by atoms with Gasteiger partial charge in [0.1, 0.15) is 5.75 Å². The van der Waals surface area contributed by atoms with Crippen LogP contribution in [0.25, 0.3) is 11.6 Å². The summed E-state index contributed by atoms with van der Waals surface area (Å²) in [6.07, 6.45) is 5.80. The first-order chi connectivity index (χ1) is 23.8. The third kappa shape index (κ3) is 6.77. The number of ether oxygens (including phenoxy) is 2. The molecule has 3 aromatic carbocycles. The van der Waals surface area contributed by atoms with Crippen molar-refractivity contribution in [2.75, 3.05) is 33.4 Å². The van der Waals surface area contributed by atoms with Crippen molar-refractivity contribution in [3.8, 4) is 5.75 Å². The van der Waals surface area contributed by atoms with Gasteiger partial charge in [-0.25, -0.2) is 0 Å². The van der Waals surface area contributed by atoms with Crippen LogP contribution in [0, 0.1) is 31.6 Å². The molecule has 0 aromatic heterocycles. The zero-order chi connectivity index (χ0) is 34.1. The normalized spacial score (nSPS) is 24.9. The Morgan fingerprint density at radius 1 is 0.939 bits per heavy atom. The summed E-state index contributed by atoms with van der Waals surface area (Å²) in [6, 6.07) is 24.9. The van der Waals surface area contributed by atoms with Crippen LogP contribution < -0.4 is 0 Å². The average Bonchev–Trinajstić information content (AvgIpc) is 3.64. The predicted octanol–water partition coefficient (Wildman–Crippen LogP) is 6.96.